The Bertz CT molecular complexity index is 1130. The number of fused-ring (bicyclic) bond motifs is 1. The summed E-state index contributed by atoms with van der Waals surface area (Å²) in [5, 5.41) is 0.998. The van der Waals surface area contributed by atoms with Crippen LogP contribution in [0.2, 0.25) is 0 Å². The molecular formula is C25H22FO4PS. The fourth-order valence-corrected chi connectivity index (χ4v) is 4.72. The van der Waals surface area contributed by atoms with Crippen molar-refractivity contribution in [1.82, 2.24) is 0 Å². The lowest BCUT2D eigenvalue weighted by Crippen LogP contribution is -2.24. The van der Waals surface area contributed by atoms with Gasteiger partial charge in [0.15, 0.2) is 9.03 Å². The van der Waals surface area contributed by atoms with Crippen molar-refractivity contribution in [3.05, 3.63) is 107 Å². The highest BCUT2D eigenvalue weighted by atomic mass is 32.1. The van der Waals surface area contributed by atoms with Gasteiger partial charge in [-0.15, -0.1) is 11.3 Å². The van der Waals surface area contributed by atoms with Gasteiger partial charge in [0.2, 0.25) is 0 Å². The number of hydrogen-bond donors (Lipinski definition) is 0. The average molecular weight is 468 g/mol. The van der Waals surface area contributed by atoms with E-state index < -0.39 is 12.1 Å². The first-order valence-corrected chi connectivity index (χ1v) is 11.8. The first kappa shape index (κ1) is 22.6. The molecule has 0 amide bonds. The van der Waals surface area contributed by atoms with Gasteiger partial charge in [0.25, 0.3) is 0 Å². The molecule has 4 aromatic rings. The normalized spacial score (nSPS) is 12.4. The van der Waals surface area contributed by atoms with Crippen molar-refractivity contribution in [2.45, 2.75) is 19.1 Å². The number of rotatable bonds is 10. The fraction of sp³-hybridized carbons (Fsp3) is 0.160. The number of hydrogen-bond acceptors (Lipinski definition) is 5. The molecule has 0 aliphatic heterocycles. The van der Waals surface area contributed by atoms with E-state index >= 15 is 0 Å². The van der Waals surface area contributed by atoms with Gasteiger partial charge in [-0.25, -0.2) is 9.18 Å². The summed E-state index contributed by atoms with van der Waals surface area (Å²) in [4.78, 5) is 13.3. The van der Waals surface area contributed by atoms with E-state index in [9.17, 15) is 9.18 Å². The average Bonchev–Trinajstić information content (AvgIpc) is 3.24. The molecule has 0 aliphatic carbocycles. The SMILES string of the molecule is O=C(O[C@@H](COPOCc1ccccc1)Cc1cccc(F)c1)c1cc2ccccc2s1. The molecular weight excluding hydrogens is 446 g/mol. The molecule has 0 fully saturated rings. The third-order valence-electron chi connectivity index (χ3n) is 4.72. The lowest BCUT2D eigenvalue weighted by atomic mass is 10.1. The zero-order chi connectivity index (χ0) is 22.2. The highest BCUT2D eigenvalue weighted by Gasteiger charge is 2.19. The molecule has 4 nitrogen and oxygen atoms in total. The minimum atomic E-state index is -0.567. The third kappa shape index (κ3) is 6.44. The molecule has 32 heavy (non-hydrogen) atoms. The molecule has 0 N–H and O–H groups in total. The minimum absolute atomic E-state index is 0.153. The van der Waals surface area contributed by atoms with Crippen LogP contribution >= 0.6 is 20.4 Å². The standard InChI is InChI=1S/C25H22FO4PS/c26-21-11-6-9-19(13-21)14-22(17-29-31-28-16-18-7-2-1-3-8-18)30-25(27)24-15-20-10-4-5-12-23(20)32-24/h1-13,15,22,31H,14,16-17H2/t22-/m1/s1. The van der Waals surface area contributed by atoms with Crippen LogP contribution in [-0.2, 0) is 26.8 Å². The van der Waals surface area contributed by atoms with Crippen molar-refractivity contribution in [2.75, 3.05) is 6.61 Å². The third-order valence-corrected chi connectivity index (χ3v) is 6.36. The van der Waals surface area contributed by atoms with E-state index in [1.165, 1.54) is 23.5 Å². The molecule has 7 heteroatoms. The molecule has 0 aliphatic rings. The van der Waals surface area contributed by atoms with E-state index in [0.717, 1.165) is 21.2 Å². The highest BCUT2D eigenvalue weighted by Crippen LogP contribution is 2.27. The second kappa shape index (κ2) is 11.3. The van der Waals surface area contributed by atoms with Crippen LogP contribution < -0.4 is 0 Å². The highest BCUT2D eigenvalue weighted by molar-refractivity contribution is 7.26. The van der Waals surface area contributed by atoms with Crippen molar-refractivity contribution in [2.24, 2.45) is 0 Å². The smallest absolute Gasteiger partial charge is 0.348 e. The van der Waals surface area contributed by atoms with Crippen molar-refractivity contribution >= 4 is 36.4 Å². The molecule has 1 heterocycles. The van der Waals surface area contributed by atoms with E-state index in [-0.39, 0.29) is 21.5 Å². The quantitative estimate of drug-likeness (QED) is 0.150. The van der Waals surface area contributed by atoms with Gasteiger partial charge in [0, 0.05) is 11.1 Å². The minimum Gasteiger partial charge on any atom is -0.455 e. The Morgan fingerprint density at radius 3 is 2.50 bits per heavy atom. The van der Waals surface area contributed by atoms with Crippen molar-refractivity contribution in [3.63, 3.8) is 0 Å². The lowest BCUT2D eigenvalue weighted by Gasteiger charge is -2.18. The Morgan fingerprint density at radius 1 is 0.906 bits per heavy atom. The van der Waals surface area contributed by atoms with E-state index in [0.29, 0.717) is 17.9 Å². The summed E-state index contributed by atoms with van der Waals surface area (Å²) in [6.07, 6.45) is -0.222. The topological polar surface area (TPSA) is 44.8 Å². The Balaban J connectivity index is 1.36. The number of carbonyl (C=O) groups excluding carboxylic acids is 1. The summed E-state index contributed by atoms with van der Waals surface area (Å²) in [5.74, 6) is -0.740. The molecule has 0 saturated carbocycles. The van der Waals surface area contributed by atoms with Gasteiger partial charge in [-0.2, -0.15) is 0 Å². The second-order valence-corrected chi connectivity index (χ2v) is 9.01. The van der Waals surface area contributed by atoms with Crippen molar-refractivity contribution in [1.29, 1.82) is 0 Å². The van der Waals surface area contributed by atoms with Gasteiger partial charge in [-0.3, -0.25) is 0 Å². The first-order valence-electron chi connectivity index (χ1n) is 10.1. The second-order valence-electron chi connectivity index (χ2n) is 7.18. The molecule has 2 atom stereocenters. The molecule has 1 unspecified atom stereocenters. The fourth-order valence-electron chi connectivity index (χ4n) is 3.21. The van der Waals surface area contributed by atoms with Crippen LogP contribution in [0.25, 0.3) is 10.1 Å². The zero-order valence-electron chi connectivity index (χ0n) is 17.2. The van der Waals surface area contributed by atoms with Gasteiger partial charge in [-0.1, -0.05) is 60.7 Å². The molecule has 0 radical (unpaired) electrons. The summed E-state index contributed by atoms with van der Waals surface area (Å²) in [6.45, 7) is 0.593. The molecule has 164 valence electrons. The predicted octanol–water partition coefficient (Wildman–Crippen LogP) is 6.55. The number of carbonyl (C=O) groups is 1. The van der Waals surface area contributed by atoms with Crippen LogP contribution in [0.5, 0.6) is 0 Å². The summed E-state index contributed by atoms with van der Waals surface area (Å²) in [7, 11) is -0.199. The van der Waals surface area contributed by atoms with Gasteiger partial charge >= 0.3 is 5.97 Å². The van der Waals surface area contributed by atoms with Gasteiger partial charge < -0.3 is 13.8 Å². The maximum absolute atomic E-state index is 13.6. The number of thiophene rings is 1. The van der Waals surface area contributed by atoms with Crippen LogP contribution in [0.4, 0.5) is 4.39 Å². The summed E-state index contributed by atoms with van der Waals surface area (Å²) in [6, 6.07) is 25.7. The predicted molar refractivity (Wildman–Crippen MR) is 127 cm³/mol. The maximum atomic E-state index is 13.6. The van der Waals surface area contributed by atoms with Crippen LogP contribution in [0.15, 0.2) is 84.9 Å². The van der Waals surface area contributed by atoms with E-state index in [4.69, 9.17) is 13.8 Å². The first-order chi connectivity index (χ1) is 15.7. The lowest BCUT2D eigenvalue weighted by molar-refractivity contribution is 0.0184. The van der Waals surface area contributed by atoms with Gasteiger partial charge in [0.05, 0.1) is 13.2 Å². The zero-order valence-corrected chi connectivity index (χ0v) is 19.0. The van der Waals surface area contributed by atoms with Gasteiger partial charge in [0.1, 0.15) is 16.8 Å². The van der Waals surface area contributed by atoms with E-state index in [1.54, 1.807) is 12.1 Å². The molecule has 3 aromatic carbocycles. The molecule has 0 bridgehead atoms. The summed E-state index contributed by atoms with van der Waals surface area (Å²) < 4.78 is 31.6. The Morgan fingerprint density at radius 2 is 1.69 bits per heavy atom. The van der Waals surface area contributed by atoms with E-state index in [2.05, 4.69) is 0 Å². The largest absolute Gasteiger partial charge is 0.455 e. The van der Waals surface area contributed by atoms with Crippen molar-refractivity contribution in [3.8, 4) is 0 Å². The van der Waals surface area contributed by atoms with Crippen LogP contribution in [0.1, 0.15) is 20.8 Å². The Hall–Kier alpha value is -2.63. The monoisotopic (exact) mass is 468 g/mol. The van der Waals surface area contributed by atoms with Gasteiger partial charge in [-0.05, 0) is 40.8 Å². The number of benzene rings is 3. The Labute approximate surface area is 191 Å². The molecule has 1 aromatic heterocycles. The number of halogens is 1. The van der Waals surface area contributed by atoms with Crippen LogP contribution in [-0.4, -0.2) is 18.7 Å². The summed E-state index contributed by atoms with van der Waals surface area (Å²) in [5.41, 5.74) is 1.78. The Kier molecular flexibility index (Phi) is 7.97. The van der Waals surface area contributed by atoms with E-state index in [1.807, 2.05) is 60.7 Å². The van der Waals surface area contributed by atoms with Crippen LogP contribution in [0.3, 0.4) is 0 Å². The van der Waals surface area contributed by atoms with Crippen LogP contribution in [0, 0.1) is 5.82 Å². The maximum Gasteiger partial charge on any atom is 0.348 e. The molecule has 4 rings (SSSR count). The number of esters is 1. The molecule has 0 saturated heterocycles. The van der Waals surface area contributed by atoms with Crippen molar-refractivity contribution < 1.29 is 23.0 Å². The summed E-state index contributed by atoms with van der Waals surface area (Å²) >= 11 is 1.39. The number of ether oxygens (including phenoxy) is 1. The molecule has 0 spiro atoms.